The van der Waals surface area contributed by atoms with Gasteiger partial charge in [-0.25, -0.2) is 8.42 Å². The van der Waals surface area contributed by atoms with Gasteiger partial charge in [0.05, 0.1) is 7.11 Å². The van der Waals surface area contributed by atoms with Crippen LogP contribution in [0.25, 0.3) is 0 Å². The number of methoxy groups -OCH3 is 1. The summed E-state index contributed by atoms with van der Waals surface area (Å²) in [6.07, 6.45) is 0.195. The van der Waals surface area contributed by atoms with E-state index in [0.29, 0.717) is 5.02 Å². The fourth-order valence-electron chi connectivity index (χ4n) is 3.20. The average molecular weight is 473 g/mol. The second-order valence-electron chi connectivity index (χ2n) is 7.36. The maximum absolute atomic E-state index is 13.2. The fraction of sp³-hybridized carbons (Fsp3) is 0.208. The van der Waals surface area contributed by atoms with Gasteiger partial charge in [-0.05, 0) is 54.3 Å². The Morgan fingerprint density at radius 3 is 2.34 bits per heavy atom. The van der Waals surface area contributed by atoms with Gasteiger partial charge in [0.25, 0.3) is 0 Å². The quantitative estimate of drug-likeness (QED) is 0.495. The molecule has 1 amide bonds. The van der Waals surface area contributed by atoms with E-state index in [0.717, 1.165) is 16.7 Å². The maximum atomic E-state index is 13.2. The van der Waals surface area contributed by atoms with E-state index in [4.69, 9.17) is 16.3 Å². The van der Waals surface area contributed by atoms with Crippen molar-refractivity contribution in [2.45, 2.75) is 30.8 Å². The number of hydrogen-bond donors (Lipinski definition) is 2. The Labute approximate surface area is 193 Å². The van der Waals surface area contributed by atoms with Gasteiger partial charge in [-0.15, -0.1) is 0 Å². The molecule has 8 heteroatoms. The van der Waals surface area contributed by atoms with E-state index in [9.17, 15) is 13.2 Å². The van der Waals surface area contributed by atoms with Crippen LogP contribution in [-0.4, -0.2) is 27.5 Å². The van der Waals surface area contributed by atoms with Crippen molar-refractivity contribution in [1.82, 2.24) is 10.0 Å². The predicted molar refractivity (Wildman–Crippen MR) is 125 cm³/mol. The second kappa shape index (κ2) is 10.6. The Morgan fingerprint density at radius 2 is 1.69 bits per heavy atom. The van der Waals surface area contributed by atoms with Crippen molar-refractivity contribution in [2.24, 2.45) is 0 Å². The van der Waals surface area contributed by atoms with Crippen molar-refractivity contribution < 1.29 is 17.9 Å². The number of aryl methyl sites for hydroxylation is 1. The van der Waals surface area contributed by atoms with Crippen molar-refractivity contribution >= 4 is 27.5 Å². The molecule has 0 saturated heterocycles. The lowest BCUT2D eigenvalue weighted by Crippen LogP contribution is -2.47. The monoisotopic (exact) mass is 472 g/mol. The molecule has 0 heterocycles. The van der Waals surface area contributed by atoms with Crippen molar-refractivity contribution in [3.63, 3.8) is 0 Å². The molecular formula is C24H25ClN2O4S. The molecule has 2 N–H and O–H groups in total. The van der Waals surface area contributed by atoms with Gasteiger partial charge in [-0.2, -0.15) is 4.72 Å². The van der Waals surface area contributed by atoms with Gasteiger partial charge in [0, 0.05) is 11.6 Å². The van der Waals surface area contributed by atoms with Crippen molar-refractivity contribution in [3.8, 4) is 5.75 Å². The molecule has 0 unspecified atom stereocenters. The number of carbonyl (C=O) groups is 1. The number of benzene rings is 3. The minimum atomic E-state index is -4.03. The summed E-state index contributed by atoms with van der Waals surface area (Å²) in [5.74, 6) is -0.220. The van der Waals surface area contributed by atoms with E-state index in [1.807, 2.05) is 30.3 Å². The molecule has 1 atom stereocenters. The SMILES string of the molecule is COc1ccc(C)cc1S(=O)(=O)N[C@H](Cc1ccccc1)C(=O)NCc1ccc(Cl)cc1. The molecule has 6 nitrogen and oxygen atoms in total. The summed E-state index contributed by atoms with van der Waals surface area (Å²) >= 11 is 5.91. The summed E-state index contributed by atoms with van der Waals surface area (Å²) in [6.45, 7) is 2.04. The molecule has 0 aliphatic rings. The molecule has 0 fully saturated rings. The van der Waals surface area contributed by atoms with Gasteiger partial charge in [0.1, 0.15) is 16.7 Å². The van der Waals surface area contributed by atoms with Gasteiger partial charge in [-0.3, -0.25) is 4.79 Å². The lowest BCUT2D eigenvalue weighted by Gasteiger charge is -2.20. The first kappa shape index (κ1) is 23.8. The van der Waals surface area contributed by atoms with Crippen molar-refractivity contribution in [1.29, 1.82) is 0 Å². The molecule has 0 aliphatic heterocycles. The smallest absolute Gasteiger partial charge is 0.244 e. The zero-order valence-corrected chi connectivity index (χ0v) is 19.4. The van der Waals surface area contributed by atoms with Crippen LogP contribution in [-0.2, 0) is 27.8 Å². The molecule has 0 bridgehead atoms. The van der Waals surface area contributed by atoms with Gasteiger partial charge in [-0.1, -0.05) is 60.1 Å². The van der Waals surface area contributed by atoms with Crippen molar-refractivity contribution in [3.05, 3.63) is 94.5 Å². The van der Waals surface area contributed by atoms with Gasteiger partial charge in [0.15, 0.2) is 0 Å². The summed E-state index contributed by atoms with van der Waals surface area (Å²) < 4.78 is 34.2. The largest absolute Gasteiger partial charge is 0.495 e. The van der Waals surface area contributed by atoms with Gasteiger partial charge in [0.2, 0.25) is 15.9 Å². The molecule has 0 radical (unpaired) electrons. The first-order valence-electron chi connectivity index (χ1n) is 10.0. The first-order chi connectivity index (χ1) is 15.3. The van der Waals surface area contributed by atoms with E-state index in [2.05, 4.69) is 10.0 Å². The molecule has 0 spiro atoms. The average Bonchev–Trinajstić information content (AvgIpc) is 2.78. The topological polar surface area (TPSA) is 84.5 Å². The minimum absolute atomic E-state index is 0.0106. The van der Waals surface area contributed by atoms with Crippen LogP contribution >= 0.6 is 11.6 Å². The van der Waals surface area contributed by atoms with E-state index in [-0.39, 0.29) is 23.6 Å². The predicted octanol–water partition coefficient (Wildman–Crippen LogP) is 3.86. The lowest BCUT2D eigenvalue weighted by atomic mass is 10.1. The molecule has 0 aromatic heterocycles. The normalized spacial score (nSPS) is 12.2. The number of carbonyl (C=O) groups excluding carboxylic acids is 1. The third-order valence-corrected chi connectivity index (χ3v) is 6.63. The van der Waals surface area contributed by atoms with Crippen LogP contribution in [0.3, 0.4) is 0 Å². The summed E-state index contributed by atoms with van der Waals surface area (Å²) in [7, 11) is -2.63. The van der Waals surface area contributed by atoms with Crippen LogP contribution < -0.4 is 14.8 Å². The minimum Gasteiger partial charge on any atom is -0.495 e. The fourth-order valence-corrected chi connectivity index (χ4v) is 4.77. The van der Waals surface area contributed by atoms with E-state index in [1.54, 1.807) is 43.3 Å². The molecule has 3 aromatic rings. The highest BCUT2D eigenvalue weighted by Crippen LogP contribution is 2.25. The van der Waals surface area contributed by atoms with Crippen LogP contribution in [0.2, 0.25) is 5.02 Å². The Morgan fingerprint density at radius 1 is 1.00 bits per heavy atom. The summed E-state index contributed by atoms with van der Waals surface area (Å²) in [5.41, 5.74) is 2.44. The Hall–Kier alpha value is -2.87. The highest BCUT2D eigenvalue weighted by molar-refractivity contribution is 7.89. The summed E-state index contributed by atoms with van der Waals surface area (Å²) in [4.78, 5) is 13.0. The first-order valence-corrected chi connectivity index (χ1v) is 11.9. The van der Waals surface area contributed by atoms with Crippen LogP contribution in [0, 0.1) is 6.92 Å². The molecule has 3 rings (SSSR count). The number of sulfonamides is 1. The Balaban J connectivity index is 1.84. The number of hydrogen-bond acceptors (Lipinski definition) is 4. The standard InChI is InChI=1S/C24H25ClN2O4S/c1-17-8-13-22(31-2)23(14-17)32(29,30)27-21(15-18-6-4-3-5-7-18)24(28)26-16-19-9-11-20(25)12-10-19/h3-14,21,27H,15-16H2,1-2H3,(H,26,28)/t21-/m1/s1. The van der Waals surface area contributed by atoms with E-state index in [1.165, 1.54) is 13.2 Å². The number of ether oxygens (including phenoxy) is 1. The van der Waals surface area contributed by atoms with Crippen LogP contribution in [0.1, 0.15) is 16.7 Å². The van der Waals surface area contributed by atoms with Crippen molar-refractivity contribution in [2.75, 3.05) is 7.11 Å². The van der Waals surface area contributed by atoms with Crippen LogP contribution in [0.5, 0.6) is 5.75 Å². The molecular weight excluding hydrogens is 448 g/mol. The Kier molecular flexibility index (Phi) is 7.90. The van der Waals surface area contributed by atoms with E-state index >= 15 is 0 Å². The number of nitrogens with one attached hydrogen (secondary N) is 2. The zero-order valence-electron chi connectivity index (χ0n) is 17.8. The third-order valence-electron chi connectivity index (χ3n) is 4.89. The number of halogens is 1. The number of amides is 1. The zero-order chi connectivity index (χ0) is 23.1. The lowest BCUT2D eigenvalue weighted by molar-refractivity contribution is -0.122. The highest BCUT2D eigenvalue weighted by atomic mass is 35.5. The number of rotatable bonds is 9. The molecule has 168 valence electrons. The van der Waals surface area contributed by atoms with Gasteiger partial charge < -0.3 is 10.1 Å². The molecule has 0 aliphatic carbocycles. The molecule has 3 aromatic carbocycles. The molecule has 32 heavy (non-hydrogen) atoms. The highest BCUT2D eigenvalue weighted by Gasteiger charge is 2.28. The second-order valence-corrected chi connectivity index (χ2v) is 9.48. The van der Waals surface area contributed by atoms with Crippen LogP contribution in [0.15, 0.2) is 77.7 Å². The summed E-state index contributed by atoms with van der Waals surface area (Å²) in [6, 6.07) is 20.2. The third kappa shape index (κ3) is 6.32. The van der Waals surface area contributed by atoms with E-state index < -0.39 is 22.0 Å². The Bertz CT molecular complexity index is 1170. The van der Waals surface area contributed by atoms with Crippen LogP contribution in [0.4, 0.5) is 0 Å². The van der Waals surface area contributed by atoms with Gasteiger partial charge >= 0.3 is 0 Å². The maximum Gasteiger partial charge on any atom is 0.244 e. The molecule has 0 saturated carbocycles. The summed E-state index contributed by atoms with van der Waals surface area (Å²) in [5, 5.41) is 3.41.